The smallest absolute Gasteiger partial charge is 0.0811 e. The van der Waals surface area contributed by atoms with Gasteiger partial charge >= 0.3 is 0 Å². The first kappa shape index (κ1) is 16.7. The summed E-state index contributed by atoms with van der Waals surface area (Å²) in [7, 11) is 0. The van der Waals surface area contributed by atoms with E-state index in [1.165, 1.54) is 5.57 Å². The molecule has 0 aliphatic heterocycles. The van der Waals surface area contributed by atoms with Crippen molar-refractivity contribution in [3.05, 3.63) is 35.5 Å². The zero-order chi connectivity index (χ0) is 27.4. The molecule has 3 nitrogen and oxygen atoms in total. The highest BCUT2D eigenvalue weighted by Gasteiger charge is 2.60. The lowest BCUT2D eigenvalue weighted by molar-refractivity contribution is 0.0521. The molecule has 4 aliphatic carbocycles. The number of rotatable bonds is 6. The van der Waals surface area contributed by atoms with Gasteiger partial charge in [0.25, 0.3) is 0 Å². The van der Waals surface area contributed by atoms with Crippen LogP contribution in [0.3, 0.4) is 0 Å². The average Bonchev–Trinajstić information content (AvgIpc) is 3.46. The van der Waals surface area contributed by atoms with Gasteiger partial charge in [-0.2, -0.15) is 0 Å². The van der Waals surface area contributed by atoms with Crippen molar-refractivity contribution in [3.63, 3.8) is 0 Å². The Morgan fingerprint density at radius 1 is 1.19 bits per heavy atom. The maximum atomic E-state index is 10.7. The minimum absolute atomic E-state index is 0.112. The molecule has 0 amide bonds. The number of aliphatic hydroxyl groups excluding tert-OH is 2. The van der Waals surface area contributed by atoms with Gasteiger partial charge in [-0.3, -0.25) is 0 Å². The Morgan fingerprint density at radius 2 is 1.97 bits per heavy atom. The third kappa shape index (κ3) is 4.75. The van der Waals surface area contributed by atoms with Gasteiger partial charge in [0, 0.05) is 14.6 Å². The zero-order valence-electron chi connectivity index (χ0n) is 25.0. The molecule has 0 aromatic carbocycles. The molecule has 4 saturated carbocycles. The lowest BCUT2D eigenvalue weighted by Crippen LogP contribution is -2.37. The van der Waals surface area contributed by atoms with Crippen molar-refractivity contribution in [1.82, 2.24) is 0 Å². The van der Waals surface area contributed by atoms with Crippen LogP contribution in [0.5, 0.6) is 0 Å². The first-order valence-corrected chi connectivity index (χ1v) is 12.2. The zero-order valence-corrected chi connectivity index (χ0v) is 19.0. The number of hydrogen-bond acceptors (Lipinski definition) is 3. The summed E-state index contributed by atoms with van der Waals surface area (Å²) in [5.41, 5.74) is 0.649. The van der Waals surface area contributed by atoms with E-state index in [1.807, 2.05) is 0 Å². The fourth-order valence-electron chi connectivity index (χ4n) is 7.34. The van der Waals surface area contributed by atoms with E-state index in [4.69, 9.17) is 8.22 Å². The van der Waals surface area contributed by atoms with Gasteiger partial charge in [-0.05, 0) is 112 Å². The van der Waals surface area contributed by atoms with Crippen molar-refractivity contribution in [3.8, 4) is 0 Å². The highest BCUT2D eigenvalue weighted by atomic mass is 16.3. The van der Waals surface area contributed by atoms with E-state index in [2.05, 4.69) is 25.7 Å². The second-order valence-corrected chi connectivity index (χ2v) is 11.2. The first-order chi connectivity index (χ1) is 17.0. The van der Waals surface area contributed by atoms with Crippen LogP contribution in [0.15, 0.2) is 35.5 Å². The normalized spacial score (nSPS) is 44.1. The van der Waals surface area contributed by atoms with Crippen LogP contribution in [-0.4, -0.2) is 33.1 Å². The lowest BCUT2D eigenvalue weighted by Gasteiger charge is -2.45. The molecule has 4 aliphatic rings. The minimum atomic E-state index is -2.95. The first-order valence-electron chi connectivity index (χ1n) is 15.2. The predicted octanol–water partition coefficient (Wildman–Crippen LogP) is 5.85. The Bertz CT molecular complexity index is 931. The third-order valence-corrected chi connectivity index (χ3v) is 9.07. The van der Waals surface area contributed by atoms with E-state index < -0.39 is 31.5 Å². The third-order valence-electron chi connectivity index (χ3n) is 9.07. The second kappa shape index (κ2) is 8.47. The van der Waals surface area contributed by atoms with E-state index in [1.54, 1.807) is 0 Å². The summed E-state index contributed by atoms with van der Waals surface area (Å²) in [6, 6.07) is 0. The fraction of sp³-hybridized carbons (Fsp3) is 0.786. The Labute approximate surface area is 197 Å². The van der Waals surface area contributed by atoms with Gasteiger partial charge in [0.2, 0.25) is 0 Å². The van der Waals surface area contributed by atoms with Gasteiger partial charge in [-0.1, -0.05) is 37.6 Å². The Morgan fingerprint density at radius 3 is 2.68 bits per heavy atom. The maximum absolute atomic E-state index is 10.7. The standard InChI is InChI=1S/C28H44O3/c1-19-21(17-22(29)18-24(19)30)9-8-20-7-5-13-27(4)23(20)10-11-25(27)28(15-16-28)14-6-12-26(2,3)31/h8-9,22-25,29-31H,1,5-7,10-18H2,2-4H3/t22?,23?,24-,25?,27-/m0/s1/i2D3,3D3. The van der Waals surface area contributed by atoms with Gasteiger partial charge in [-0.15, -0.1) is 0 Å². The molecule has 0 spiro atoms. The number of allylic oxidation sites excluding steroid dienone is 3. The van der Waals surface area contributed by atoms with E-state index in [0.717, 1.165) is 56.9 Å². The summed E-state index contributed by atoms with van der Waals surface area (Å²) in [5.74, 6) is 0.970. The monoisotopic (exact) mass is 434 g/mol. The van der Waals surface area contributed by atoms with Crippen LogP contribution in [0.4, 0.5) is 0 Å². The Balaban J connectivity index is 1.47. The summed E-state index contributed by atoms with van der Waals surface area (Å²) >= 11 is 0. The van der Waals surface area contributed by atoms with Gasteiger partial charge in [0.1, 0.15) is 0 Å². The summed E-state index contributed by atoms with van der Waals surface area (Å²) in [6.07, 6.45) is 12.5. The molecule has 3 N–H and O–H groups in total. The largest absolute Gasteiger partial charge is 0.393 e. The van der Waals surface area contributed by atoms with Crippen molar-refractivity contribution in [1.29, 1.82) is 0 Å². The van der Waals surface area contributed by atoms with Crippen molar-refractivity contribution in [2.75, 3.05) is 0 Å². The van der Waals surface area contributed by atoms with Gasteiger partial charge in [-0.25, -0.2) is 0 Å². The number of hydrogen-bond donors (Lipinski definition) is 3. The molecular weight excluding hydrogens is 384 g/mol. The summed E-state index contributed by atoms with van der Waals surface area (Å²) in [6.45, 7) is 0.540. The number of fused-ring (bicyclic) bond motifs is 1. The molecule has 4 fully saturated rings. The van der Waals surface area contributed by atoms with Crippen LogP contribution < -0.4 is 0 Å². The topological polar surface area (TPSA) is 60.7 Å². The van der Waals surface area contributed by atoms with Crippen LogP contribution in [0.2, 0.25) is 0 Å². The van der Waals surface area contributed by atoms with Crippen molar-refractivity contribution < 1.29 is 23.5 Å². The molecule has 0 bridgehead atoms. The number of aliphatic hydroxyl groups is 3. The molecular formula is C28H44O3. The fourth-order valence-corrected chi connectivity index (χ4v) is 7.34. The maximum Gasteiger partial charge on any atom is 0.0811 e. The molecule has 0 aromatic heterocycles. The van der Waals surface area contributed by atoms with Crippen LogP contribution in [-0.2, 0) is 0 Å². The van der Waals surface area contributed by atoms with Gasteiger partial charge in [0.15, 0.2) is 0 Å². The van der Waals surface area contributed by atoms with Crippen LogP contribution in [0.25, 0.3) is 0 Å². The van der Waals surface area contributed by atoms with E-state index in [-0.39, 0.29) is 17.3 Å². The summed E-state index contributed by atoms with van der Waals surface area (Å²) in [5, 5.41) is 31.0. The molecule has 0 heterocycles. The highest BCUT2D eigenvalue weighted by molar-refractivity contribution is 5.38. The molecule has 3 heteroatoms. The summed E-state index contributed by atoms with van der Waals surface area (Å²) < 4.78 is 46.0. The second-order valence-electron chi connectivity index (χ2n) is 11.2. The van der Waals surface area contributed by atoms with E-state index in [9.17, 15) is 15.3 Å². The Hall–Kier alpha value is -0.900. The van der Waals surface area contributed by atoms with Crippen molar-refractivity contribution >= 4 is 0 Å². The molecule has 0 saturated heterocycles. The van der Waals surface area contributed by atoms with Crippen molar-refractivity contribution in [2.24, 2.45) is 22.7 Å². The van der Waals surface area contributed by atoms with Crippen LogP contribution >= 0.6 is 0 Å². The highest BCUT2D eigenvalue weighted by Crippen LogP contribution is 2.70. The van der Waals surface area contributed by atoms with E-state index in [0.29, 0.717) is 36.7 Å². The van der Waals surface area contributed by atoms with Gasteiger partial charge < -0.3 is 15.3 Å². The molecule has 0 aromatic rings. The molecule has 31 heavy (non-hydrogen) atoms. The molecule has 174 valence electrons. The average molecular weight is 435 g/mol. The quantitative estimate of drug-likeness (QED) is 0.491. The SMILES string of the molecule is [2H]C([2H])([2H])C(O)(CCCC1(C2CCC3C(=CC=C4CC(O)C[C@H](O)C4=C)CCC[C@@]32C)CC1)C([2H])([2H])[2H]. The molecule has 5 atom stereocenters. The molecule has 3 unspecified atom stereocenters. The van der Waals surface area contributed by atoms with E-state index >= 15 is 0 Å². The van der Waals surface area contributed by atoms with Crippen LogP contribution in [0, 0.1) is 22.7 Å². The lowest BCUT2D eigenvalue weighted by atomic mass is 9.59. The molecule has 0 radical (unpaired) electrons. The minimum Gasteiger partial charge on any atom is -0.393 e. The van der Waals surface area contributed by atoms with Gasteiger partial charge in [0.05, 0.1) is 17.8 Å². The Kier molecular flexibility index (Phi) is 4.55. The molecule has 4 rings (SSSR count). The summed E-state index contributed by atoms with van der Waals surface area (Å²) in [4.78, 5) is 0. The van der Waals surface area contributed by atoms with Crippen molar-refractivity contribution in [2.45, 2.75) is 115 Å². The predicted molar refractivity (Wildman–Crippen MR) is 127 cm³/mol. The van der Waals surface area contributed by atoms with Crippen LogP contribution in [0.1, 0.15) is 106 Å².